The average Bonchev–Trinajstić information content (AvgIpc) is 3.37. The van der Waals surface area contributed by atoms with Gasteiger partial charge in [-0.25, -0.2) is 0 Å². The Balaban J connectivity index is 1.44. The fourth-order valence-electron chi connectivity index (χ4n) is 2.84. The third-order valence-corrected chi connectivity index (χ3v) is 4.31. The average molecular weight is 280 g/mol. The summed E-state index contributed by atoms with van der Waals surface area (Å²) in [5.74, 6) is 0.986. The van der Waals surface area contributed by atoms with Crippen LogP contribution in [-0.4, -0.2) is 22.8 Å². The molecule has 1 saturated carbocycles. The Morgan fingerprint density at radius 2 is 1.90 bits per heavy atom. The summed E-state index contributed by atoms with van der Waals surface area (Å²) in [5, 5.41) is 12.2. The quantitative estimate of drug-likeness (QED) is 0.933. The van der Waals surface area contributed by atoms with Crippen molar-refractivity contribution in [3.05, 3.63) is 53.2 Å². The van der Waals surface area contributed by atoms with E-state index in [0.717, 1.165) is 37.6 Å². The minimum Gasteiger partial charge on any atom is -0.350 e. The van der Waals surface area contributed by atoms with E-state index in [9.17, 15) is 0 Å². The molecule has 0 atom stereocenters. The van der Waals surface area contributed by atoms with Crippen LogP contribution in [0.15, 0.2) is 36.4 Å². The summed E-state index contributed by atoms with van der Waals surface area (Å²) in [6.07, 6.45) is 3.69. The van der Waals surface area contributed by atoms with E-state index in [4.69, 9.17) is 0 Å². The molecule has 2 aliphatic rings. The van der Waals surface area contributed by atoms with Gasteiger partial charge in [-0.1, -0.05) is 24.3 Å². The van der Waals surface area contributed by atoms with Crippen LogP contribution in [0.25, 0.3) is 0 Å². The molecular formula is C17H20N4. The van der Waals surface area contributed by atoms with E-state index in [1.54, 1.807) is 0 Å². The molecule has 4 heteroatoms. The maximum absolute atomic E-state index is 4.41. The fraction of sp³-hybridized carbons (Fsp3) is 0.412. The SMILES string of the molecule is c1ccc2c(c1)CCN(c1ccc(CNC3CC3)nn1)C2. The van der Waals surface area contributed by atoms with E-state index >= 15 is 0 Å². The van der Waals surface area contributed by atoms with Crippen LogP contribution in [0.3, 0.4) is 0 Å². The van der Waals surface area contributed by atoms with Crippen molar-refractivity contribution in [2.24, 2.45) is 0 Å². The van der Waals surface area contributed by atoms with Gasteiger partial charge in [-0.3, -0.25) is 0 Å². The highest BCUT2D eigenvalue weighted by molar-refractivity contribution is 5.43. The van der Waals surface area contributed by atoms with Gasteiger partial charge in [-0.05, 0) is 42.5 Å². The van der Waals surface area contributed by atoms with Gasteiger partial charge in [0, 0.05) is 25.7 Å². The minimum absolute atomic E-state index is 0.713. The van der Waals surface area contributed by atoms with Crippen LogP contribution in [0.4, 0.5) is 5.82 Å². The maximum atomic E-state index is 4.41. The third-order valence-electron chi connectivity index (χ3n) is 4.31. The summed E-state index contributed by atoms with van der Waals surface area (Å²) in [5.41, 5.74) is 3.90. The van der Waals surface area contributed by atoms with Crippen molar-refractivity contribution in [3.8, 4) is 0 Å². The van der Waals surface area contributed by atoms with Crippen LogP contribution in [-0.2, 0) is 19.5 Å². The van der Waals surface area contributed by atoms with Crippen molar-refractivity contribution in [1.82, 2.24) is 15.5 Å². The number of hydrogen-bond acceptors (Lipinski definition) is 4. The minimum atomic E-state index is 0.713. The topological polar surface area (TPSA) is 41.0 Å². The summed E-state index contributed by atoms with van der Waals surface area (Å²) in [7, 11) is 0. The van der Waals surface area contributed by atoms with Crippen LogP contribution in [0.5, 0.6) is 0 Å². The second kappa shape index (κ2) is 5.45. The van der Waals surface area contributed by atoms with E-state index in [-0.39, 0.29) is 0 Å². The third kappa shape index (κ3) is 2.90. The van der Waals surface area contributed by atoms with Crippen LogP contribution < -0.4 is 10.2 Å². The van der Waals surface area contributed by atoms with E-state index in [1.165, 1.54) is 24.0 Å². The molecule has 2 aromatic rings. The number of nitrogens with one attached hydrogen (secondary N) is 1. The van der Waals surface area contributed by atoms with Gasteiger partial charge in [0.15, 0.2) is 5.82 Å². The first kappa shape index (κ1) is 12.8. The maximum Gasteiger partial charge on any atom is 0.151 e. The first-order chi connectivity index (χ1) is 10.4. The van der Waals surface area contributed by atoms with Gasteiger partial charge >= 0.3 is 0 Å². The lowest BCUT2D eigenvalue weighted by Gasteiger charge is -2.29. The first-order valence-electron chi connectivity index (χ1n) is 7.76. The molecule has 1 aliphatic carbocycles. The van der Waals surface area contributed by atoms with Crippen molar-refractivity contribution in [2.75, 3.05) is 11.4 Å². The van der Waals surface area contributed by atoms with Crippen molar-refractivity contribution in [1.29, 1.82) is 0 Å². The van der Waals surface area contributed by atoms with E-state index < -0.39 is 0 Å². The van der Waals surface area contributed by atoms with Gasteiger partial charge in [0.1, 0.15) is 0 Å². The molecule has 0 bridgehead atoms. The normalized spacial score (nSPS) is 17.6. The highest BCUT2D eigenvalue weighted by Gasteiger charge is 2.20. The number of benzene rings is 1. The smallest absolute Gasteiger partial charge is 0.151 e. The Morgan fingerprint density at radius 3 is 2.67 bits per heavy atom. The van der Waals surface area contributed by atoms with Gasteiger partial charge in [0.05, 0.1) is 5.69 Å². The zero-order valence-corrected chi connectivity index (χ0v) is 12.1. The van der Waals surface area contributed by atoms with E-state index in [1.807, 2.05) is 0 Å². The van der Waals surface area contributed by atoms with Gasteiger partial charge in [-0.15, -0.1) is 5.10 Å². The molecule has 1 aromatic carbocycles. The fourth-order valence-corrected chi connectivity index (χ4v) is 2.84. The summed E-state index contributed by atoms with van der Waals surface area (Å²) in [6, 6.07) is 13.6. The highest BCUT2D eigenvalue weighted by atomic mass is 15.3. The van der Waals surface area contributed by atoms with Crippen LogP contribution >= 0.6 is 0 Å². The first-order valence-corrected chi connectivity index (χ1v) is 7.76. The predicted octanol–water partition coefficient (Wildman–Crippen LogP) is 2.29. The van der Waals surface area contributed by atoms with Crippen LogP contribution in [0.2, 0.25) is 0 Å². The van der Waals surface area contributed by atoms with E-state index in [0.29, 0.717) is 6.04 Å². The summed E-state index contributed by atoms with van der Waals surface area (Å²) in [4.78, 5) is 2.31. The lowest BCUT2D eigenvalue weighted by molar-refractivity contribution is 0.659. The molecule has 1 aliphatic heterocycles. The van der Waals surface area contributed by atoms with Crippen molar-refractivity contribution >= 4 is 5.82 Å². The monoisotopic (exact) mass is 280 g/mol. The Kier molecular flexibility index (Phi) is 3.31. The molecule has 0 amide bonds. The second-order valence-corrected chi connectivity index (χ2v) is 5.98. The summed E-state index contributed by atoms with van der Waals surface area (Å²) < 4.78 is 0. The summed E-state index contributed by atoms with van der Waals surface area (Å²) >= 11 is 0. The lowest BCUT2D eigenvalue weighted by Crippen LogP contribution is -2.31. The number of nitrogens with zero attached hydrogens (tertiary/aromatic N) is 3. The number of aromatic nitrogens is 2. The lowest BCUT2D eigenvalue weighted by atomic mass is 10.00. The molecule has 108 valence electrons. The second-order valence-electron chi connectivity index (χ2n) is 5.98. The molecule has 1 fully saturated rings. The Morgan fingerprint density at radius 1 is 1.05 bits per heavy atom. The van der Waals surface area contributed by atoms with Crippen molar-refractivity contribution < 1.29 is 0 Å². The molecule has 1 N–H and O–H groups in total. The molecule has 4 nitrogen and oxygen atoms in total. The van der Waals surface area contributed by atoms with Gasteiger partial charge in [0.2, 0.25) is 0 Å². The zero-order chi connectivity index (χ0) is 14.1. The number of hydrogen-bond donors (Lipinski definition) is 1. The predicted molar refractivity (Wildman–Crippen MR) is 83.1 cm³/mol. The van der Waals surface area contributed by atoms with Gasteiger partial charge in [-0.2, -0.15) is 5.10 Å². The Bertz CT molecular complexity index is 619. The van der Waals surface area contributed by atoms with Crippen LogP contribution in [0, 0.1) is 0 Å². The molecule has 0 spiro atoms. The number of rotatable bonds is 4. The molecule has 4 rings (SSSR count). The molecule has 0 unspecified atom stereocenters. The molecule has 0 saturated heterocycles. The van der Waals surface area contributed by atoms with E-state index in [2.05, 4.69) is 56.8 Å². The number of fused-ring (bicyclic) bond motifs is 1. The van der Waals surface area contributed by atoms with Gasteiger partial charge < -0.3 is 10.2 Å². The molecule has 0 radical (unpaired) electrons. The number of anilines is 1. The largest absolute Gasteiger partial charge is 0.350 e. The molecule has 2 heterocycles. The summed E-state index contributed by atoms with van der Waals surface area (Å²) in [6.45, 7) is 2.79. The zero-order valence-electron chi connectivity index (χ0n) is 12.1. The molecule has 1 aromatic heterocycles. The van der Waals surface area contributed by atoms with Crippen molar-refractivity contribution in [3.63, 3.8) is 0 Å². The highest BCUT2D eigenvalue weighted by Crippen LogP contribution is 2.23. The van der Waals surface area contributed by atoms with Crippen molar-refractivity contribution in [2.45, 2.75) is 38.4 Å². The Labute approximate surface area is 125 Å². The standard InChI is InChI=1S/C17H20N4/c1-2-4-14-12-21(10-9-13(14)3-1)17-8-7-16(19-20-17)11-18-15-5-6-15/h1-4,7-8,15,18H,5-6,9-12H2. The molecular weight excluding hydrogens is 260 g/mol. The van der Waals surface area contributed by atoms with Gasteiger partial charge in [0.25, 0.3) is 0 Å². The Hall–Kier alpha value is -1.94. The van der Waals surface area contributed by atoms with Crippen LogP contribution in [0.1, 0.15) is 29.7 Å². The molecule has 21 heavy (non-hydrogen) atoms.